The summed E-state index contributed by atoms with van der Waals surface area (Å²) in [4.78, 5) is 31.2. The number of benzene rings is 4. The van der Waals surface area contributed by atoms with E-state index in [-0.39, 0.29) is 11.8 Å². The Kier molecular flexibility index (Phi) is 7.65. The fourth-order valence-electron chi connectivity index (χ4n) is 4.77. The third kappa shape index (κ3) is 5.23. The molecule has 0 fully saturated rings. The van der Waals surface area contributed by atoms with Gasteiger partial charge in [0.2, 0.25) is 0 Å². The monoisotopic (exact) mass is 476 g/mol. The average Bonchev–Trinajstić information content (AvgIpc) is 2.89. The zero-order valence-electron chi connectivity index (χ0n) is 21.4. The van der Waals surface area contributed by atoms with Gasteiger partial charge in [-0.1, -0.05) is 72.8 Å². The Labute approximate surface area is 213 Å². The number of amides is 2. The molecule has 0 saturated heterocycles. The van der Waals surface area contributed by atoms with Crippen molar-refractivity contribution in [2.75, 3.05) is 22.9 Å². The third-order valence-electron chi connectivity index (χ3n) is 6.50. The summed E-state index contributed by atoms with van der Waals surface area (Å²) in [6, 6.07) is 30.7. The lowest BCUT2D eigenvalue weighted by Gasteiger charge is -2.31. The van der Waals surface area contributed by atoms with Crippen molar-refractivity contribution in [1.29, 1.82) is 0 Å². The van der Waals surface area contributed by atoms with Crippen molar-refractivity contribution >= 4 is 23.2 Å². The van der Waals surface area contributed by atoms with Gasteiger partial charge >= 0.3 is 0 Å². The first-order valence-electron chi connectivity index (χ1n) is 12.2. The van der Waals surface area contributed by atoms with Gasteiger partial charge in [0, 0.05) is 35.6 Å². The molecular formula is C32H32N2O2. The van der Waals surface area contributed by atoms with Gasteiger partial charge in [-0.25, -0.2) is 0 Å². The maximum Gasteiger partial charge on any atom is 0.258 e. The molecular weight excluding hydrogens is 444 g/mol. The van der Waals surface area contributed by atoms with Crippen molar-refractivity contribution in [2.24, 2.45) is 0 Å². The fourth-order valence-corrected chi connectivity index (χ4v) is 4.77. The standard InChI is InChI=1S/C32H32N2O2/c1-23-13-11-14-24(2)29(23)33(31(35)27-17-7-5-8-18-27)21-22-34(30-25(3)15-12-16-26(30)4)32(36)28-19-9-6-10-20-28/h5-20H,21-22H2,1-4H3. The van der Waals surface area contributed by atoms with Crippen molar-refractivity contribution < 1.29 is 9.59 Å². The van der Waals surface area contributed by atoms with Gasteiger partial charge in [0.15, 0.2) is 0 Å². The van der Waals surface area contributed by atoms with Crippen LogP contribution in [0.25, 0.3) is 0 Å². The first-order valence-corrected chi connectivity index (χ1v) is 12.2. The van der Waals surface area contributed by atoms with E-state index in [2.05, 4.69) is 0 Å². The van der Waals surface area contributed by atoms with Crippen LogP contribution in [0.2, 0.25) is 0 Å². The van der Waals surface area contributed by atoms with E-state index in [4.69, 9.17) is 0 Å². The Morgan fingerprint density at radius 1 is 0.472 bits per heavy atom. The zero-order valence-corrected chi connectivity index (χ0v) is 21.4. The summed E-state index contributed by atoms with van der Waals surface area (Å²) in [5, 5.41) is 0. The molecule has 0 N–H and O–H groups in total. The number of para-hydroxylation sites is 2. The molecule has 4 aromatic carbocycles. The molecule has 0 spiro atoms. The minimum absolute atomic E-state index is 0.0818. The van der Waals surface area contributed by atoms with E-state index in [0.717, 1.165) is 33.6 Å². The maximum atomic E-state index is 13.8. The molecule has 0 aliphatic carbocycles. The molecule has 0 atom stereocenters. The molecule has 0 aromatic heterocycles. The lowest BCUT2D eigenvalue weighted by molar-refractivity contribution is 0.0967. The molecule has 36 heavy (non-hydrogen) atoms. The van der Waals surface area contributed by atoms with Crippen LogP contribution in [0.5, 0.6) is 0 Å². The molecule has 0 aliphatic heterocycles. The summed E-state index contributed by atoms with van der Waals surface area (Å²) in [6.07, 6.45) is 0. The minimum atomic E-state index is -0.0818. The topological polar surface area (TPSA) is 40.6 Å². The van der Waals surface area contributed by atoms with E-state index in [0.29, 0.717) is 24.2 Å². The summed E-state index contributed by atoms with van der Waals surface area (Å²) in [5.74, 6) is -0.164. The molecule has 182 valence electrons. The first-order chi connectivity index (χ1) is 17.4. The van der Waals surface area contributed by atoms with Gasteiger partial charge in [-0.3, -0.25) is 9.59 Å². The van der Waals surface area contributed by atoms with E-state index in [1.54, 1.807) is 0 Å². The van der Waals surface area contributed by atoms with E-state index in [1.807, 2.05) is 135 Å². The van der Waals surface area contributed by atoms with Crippen LogP contribution in [0.3, 0.4) is 0 Å². The molecule has 4 nitrogen and oxygen atoms in total. The summed E-state index contributed by atoms with van der Waals surface area (Å²) in [6.45, 7) is 8.79. The molecule has 0 radical (unpaired) electrons. The van der Waals surface area contributed by atoms with E-state index in [1.165, 1.54) is 0 Å². The molecule has 4 aromatic rings. The third-order valence-corrected chi connectivity index (χ3v) is 6.50. The Balaban J connectivity index is 1.76. The lowest BCUT2D eigenvalue weighted by atomic mass is 10.0. The largest absolute Gasteiger partial charge is 0.306 e. The molecule has 0 aliphatic rings. The summed E-state index contributed by atoms with van der Waals surface area (Å²) in [5.41, 5.74) is 7.10. The van der Waals surface area contributed by atoms with E-state index < -0.39 is 0 Å². The van der Waals surface area contributed by atoms with E-state index >= 15 is 0 Å². The maximum absolute atomic E-state index is 13.8. The zero-order chi connectivity index (χ0) is 25.7. The highest BCUT2D eigenvalue weighted by atomic mass is 16.2. The Morgan fingerprint density at radius 2 is 0.778 bits per heavy atom. The smallest absolute Gasteiger partial charge is 0.258 e. The van der Waals surface area contributed by atoms with Crippen molar-refractivity contribution in [3.8, 4) is 0 Å². The number of nitrogens with zero attached hydrogens (tertiary/aromatic N) is 2. The summed E-state index contributed by atoms with van der Waals surface area (Å²) >= 11 is 0. The van der Waals surface area contributed by atoms with Crippen LogP contribution < -0.4 is 9.80 Å². The fraction of sp³-hybridized carbons (Fsp3) is 0.188. The van der Waals surface area contributed by atoms with Gasteiger partial charge in [-0.15, -0.1) is 0 Å². The predicted molar refractivity (Wildman–Crippen MR) is 148 cm³/mol. The van der Waals surface area contributed by atoms with Gasteiger partial charge in [0.05, 0.1) is 0 Å². The number of carbonyl (C=O) groups excluding carboxylic acids is 2. The van der Waals surface area contributed by atoms with Gasteiger partial charge in [0.25, 0.3) is 11.8 Å². The molecule has 0 bridgehead atoms. The Hall–Kier alpha value is -4.18. The highest BCUT2D eigenvalue weighted by molar-refractivity contribution is 6.08. The molecule has 0 saturated carbocycles. The SMILES string of the molecule is Cc1cccc(C)c1N(CCN(C(=O)c1ccccc1)c1c(C)cccc1C)C(=O)c1ccccc1. The van der Waals surface area contributed by atoms with Crippen molar-refractivity contribution in [3.05, 3.63) is 130 Å². The van der Waals surface area contributed by atoms with Crippen LogP contribution in [0.1, 0.15) is 43.0 Å². The molecule has 4 rings (SSSR count). The quantitative estimate of drug-likeness (QED) is 0.291. The van der Waals surface area contributed by atoms with Gasteiger partial charge in [-0.05, 0) is 74.2 Å². The van der Waals surface area contributed by atoms with Gasteiger partial charge in [0.1, 0.15) is 0 Å². The van der Waals surface area contributed by atoms with Crippen LogP contribution in [0, 0.1) is 27.7 Å². The van der Waals surface area contributed by atoms with Crippen molar-refractivity contribution in [2.45, 2.75) is 27.7 Å². The van der Waals surface area contributed by atoms with Crippen molar-refractivity contribution in [3.63, 3.8) is 0 Å². The van der Waals surface area contributed by atoms with Crippen LogP contribution in [-0.4, -0.2) is 24.9 Å². The van der Waals surface area contributed by atoms with Crippen LogP contribution in [-0.2, 0) is 0 Å². The number of carbonyl (C=O) groups is 2. The number of hydrogen-bond donors (Lipinski definition) is 0. The van der Waals surface area contributed by atoms with Crippen LogP contribution >= 0.6 is 0 Å². The van der Waals surface area contributed by atoms with E-state index in [9.17, 15) is 9.59 Å². The number of aryl methyl sites for hydroxylation is 4. The number of anilines is 2. The lowest BCUT2D eigenvalue weighted by Crippen LogP contribution is -2.42. The average molecular weight is 477 g/mol. The number of hydrogen-bond acceptors (Lipinski definition) is 2. The Morgan fingerprint density at radius 3 is 1.08 bits per heavy atom. The summed E-state index contributed by atoms with van der Waals surface area (Å²) < 4.78 is 0. The minimum Gasteiger partial charge on any atom is -0.306 e. The molecule has 0 heterocycles. The summed E-state index contributed by atoms with van der Waals surface area (Å²) in [7, 11) is 0. The first kappa shape index (κ1) is 24.9. The van der Waals surface area contributed by atoms with Gasteiger partial charge in [-0.2, -0.15) is 0 Å². The van der Waals surface area contributed by atoms with Crippen LogP contribution in [0.15, 0.2) is 97.1 Å². The molecule has 0 unspecified atom stereocenters. The molecule has 2 amide bonds. The normalized spacial score (nSPS) is 10.7. The Bertz CT molecular complexity index is 1220. The number of rotatable bonds is 7. The van der Waals surface area contributed by atoms with Crippen LogP contribution in [0.4, 0.5) is 11.4 Å². The van der Waals surface area contributed by atoms with Gasteiger partial charge < -0.3 is 9.80 Å². The second-order valence-electron chi connectivity index (χ2n) is 9.13. The predicted octanol–water partition coefficient (Wildman–Crippen LogP) is 6.91. The molecule has 4 heteroatoms. The van der Waals surface area contributed by atoms with Crippen molar-refractivity contribution in [1.82, 2.24) is 0 Å². The highest BCUT2D eigenvalue weighted by Gasteiger charge is 2.26. The second-order valence-corrected chi connectivity index (χ2v) is 9.13. The second kappa shape index (κ2) is 11.0. The highest BCUT2D eigenvalue weighted by Crippen LogP contribution is 2.29.